The van der Waals surface area contributed by atoms with Crippen LogP contribution >= 0.6 is 11.6 Å². The highest BCUT2D eigenvalue weighted by atomic mass is 35.5. The van der Waals surface area contributed by atoms with Crippen LogP contribution in [0.1, 0.15) is 16.8 Å². The third-order valence-corrected chi connectivity index (χ3v) is 3.90. The maximum atomic E-state index is 12.5. The van der Waals surface area contributed by atoms with E-state index in [-0.39, 0.29) is 36.8 Å². The van der Waals surface area contributed by atoms with E-state index in [2.05, 4.69) is 0 Å². The molecule has 132 valence electrons. The second-order valence-corrected chi connectivity index (χ2v) is 5.89. The van der Waals surface area contributed by atoms with Crippen molar-refractivity contribution < 1.29 is 22.9 Å². The zero-order valence-corrected chi connectivity index (χ0v) is 13.3. The molecule has 0 N–H and O–H groups in total. The molecule has 0 aliphatic carbocycles. The molecule has 1 aromatic carbocycles. The van der Waals surface area contributed by atoms with Crippen molar-refractivity contribution in [3.8, 4) is 0 Å². The fourth-order valence-electron chi connectivity index (χ4n) is 2.59. The summed E-state index contributed by atoms with van der Waals surface area (Å²) in [6.07, 6.45) is -3.93. The Bertz CT molecular complexity index is 639. The van der Waals surface area contributed by atoms with Crippen LogP contribution in [-0.4, -0.2) is 59.5 Å². The van der Waals surface area contributed by atoms with Crippen LogP contribution in [-0.2, 0) is 0 Å². The summed E-state index contributed by atoms with van der Waals surface area (Å²) in [5, 5.41) is 11.2. The fourth-order valence-corrected chi connectivity index (χ4v) is 2.76. The molecule has 1 aliphatic heterocycles. The molecular formula is C14H15ClF3N3O3. The summed E-state index contributed by atoms with van der Waals surface area (Å²) in [5.74, 6) is -0.577. The first-order chi connectivity index (χ1) is 11.2. The zero-order chi connectivity index (χ0) is 17.9. The minimum absolute atomic E-state index is 0.0621. The number of nitro benzene ring substituents is 1. The van der Waals surface area contributed by atoms with Gasteiger partial charge in [0, 0.05) is 37.3 Å². The van der Waals surface area contributed by atoms with Gasteiger partial charge in [-0.1, -0.05) is 11.6 Å². The summed E-state index contributed by atoms with van der Waals surface area (Å²) in [6, 6.07) is 3.72. The highest BCUT2D eigenvalue weighted by Crippen LogP contribution is 2.25. The molecule has 0 atom stereocenters. The number of nitrogens with zero attached hydrogens (tertiary/aromatic N) is 3. The quantitative estimate of drug-likeness (QED) is 0.610. The lowest BCUT2D eigenvalue weighted by Crippen LogP contribution is -2.38. The SMILES string of the molecule is O=C(c1ccc(Cl)cc1[N+](=O)[O-])N1CCCN(CC(F)(F)F)CC1. The van der Waals surface area contributed by atoms with Gasteiger partial charge in [0.05, 0.1) is 11.5 Å². The van der Waals surface area contributed by atoms with Crippen LogP contribution < -0.4 is 0 Å². The van der Waals surface area contributed by atoms with Crippen molar-refractivity contribution in [1.82, 2.24) is 9.80 Å². The van der Waals surface area contributed by atoms with E-state index in [0.29, 0.717) is 6.42 Å². The Balaban J connectivity index is 2.12. The third kappa shape index (κ3) is 4.81. The Morgan fingerprint density at radius 1 is 1.25 bits per heavy atom. The number of rotatable bonds is 3. The lowest BCUT2D eigenvalue weighted by Gasteiger charge is -2.22. The number of carbonyl (C=O) groups excluding carboxylic acids is 1. The number of alkyl halides is 3. The molecule has 24 heavy (non-hydrogen) atoms. The van der Waals surface area contributed by atoms with Crippen LogP contribution in [0.5, 0.6) is 0 Å². The standard InChI is InChI=1S/C14H15ClF3N3O3/c15-10-2-3-11(12(8-10)21(23)24)13(22)20-5-1-4-19(6-7-20)9-14(16,17)18/h2-3,8H,1,4-7,9H2. The van der Waals surface area contributed by atoms with Crippen molar-refractivity contribution in [2.75, 3.05) is 32.7 Å². The lowest BCUT2D eigenvalue weighted by atomic mass is 10.1. The van der Waals surface area contributed by atoms with E-state index in [1.807, 2.05) is 0 Å². The first-order valence-electron chi connectivity index (χ1n) is 7.20. The van der Waals surface area contributed by atoms with Crippen LogP contribution in [0.3, 0.4) is 0 Å². The van der Waals surface area contributed by atoms with E-state index in [0.717, 1.165) is 6.07 Å². The number of halogens is 4. The van der Waals surface area contributed by atoms with E-state index in [9.17, 15) is 28.1 Å². The number of amides is 1. The molecule has 0 bridgehead atoms. The molecule has 0 saturated carbocycles. The molecule has 0 unspecified atom stereocenters. The summed E-state index contributed by atoms with van der Waals surface area (Å²) in [7, 11) is 0. The van der Waals surface area contributed by atoms with E-state index in [1.165, 1.54) is 21.9 Å². The highest BCUT2D eigenvalue weighted by molar-refractivity contribution is 6.31. The second kappa shape index (κ2) is 7.35. The van der Waals surface area contributed by atoms with Crippen molar-refractivity contribution in [3.05, 3.63) is 38.9 Å². The molecule has 2 rings (SSSR count). The minimum atomic E-state index is -4.30. The lowest BCUT2D eigenvalue weighted by molar-refractivity contribution is -0.385. The molecular weight excluding hydrogens is 351 g/mol. The zero-order valence-electron chi connectivity index (χ0n) is 12.6. The first-order valence-corrected chi connectivity index (χ1v) is 7.57. The van der Waals surface area contributed by atoms with Gasteiger partial charge in [-0.2, -0.15) is 13.2 Å². The highest BCUT2D eigenvalue weighted by Gasteiger charge is 2.32. The fraction of sp³-hybridized carbons (Fsp3) is 0.500. The molecule has 10 heteroatoms. The van der Waals surface area contributed by atoms with Gasteiger partial charge in [0.25, 0.3) is 11.6 Å². The van der Waals surface area contributed by atoms with Crippen LogP contribution in [0.25, 0.3) is 0 Å². The monoisotopic (exact) mass is 365 g/mol. The second-order valence-electron chi connectivity index (χ2n) is 5.46. The molecule has 1 aliphatic rings. The van der Waals surface area contributed by atoms with Crippen LogP contribution in [0, 0.1) is 10.1 Å². The van der Waals surface area contributed by atoms with Crippen molar-refractivity contribution in [3.63, 3.8) is 0 Å². The number of nitro groups is 1. The molecule has 1 aromatic rings. The molecule has 0 spiro atoms. The van der Waals surface area contributed by atoms with E-state index < -0.39 is 29.2 Å². The number of benzene rings is 1. The van der Waals surface area contributed by atoms with E-state index in [4.69, 9.17) is 11.6 Å². The summed E-state index contributed by atoms with van der Waals surface area (Å²) < 4.78 is 37.4. The summed E-state index contributed by atoms with van der Waals surface area (Å²) in [5.41, 5.74) is -0.530. The van der Waals surface area contributed by atoms with Crippen molar-refractivity contribution in [2.24, 2.45) is 0 Å². The average molecular weight is 366 g/mol. The number of hydrogen-bond donors (Lipinski definition) is 0. The van der Waals surface area contributed by atoms with Gasteiger partial charge in [-0.15, -0.1) is 0 Å². The van der Waals surface area contributed by atoms with Gasteiger partial charge in [-0.05, 0) is 18.6 Å². The van der Waals surface area contributed by atoms with Gasteiger partial charge >= 0.3 is 6.18 Å². The van der Waals surface area contributed by atoms with Gasteiger partial charge in [0.2, 0.25) is 0 Å². The number of carbonyl (C=O) groups is 1. The average Bonchev–Trinajstić information content (AvgIpc) is 2.70. The van der Waals surface area contributed by atoms with Crippen molar-refractivity contribution in [2.45, 2.75) is 12.6 Å². The topological polar surface area (TPSA) is 66.7 Å². The normalized spacial score (nSPS) is 16.8. The first kappa shape index (κ1) is 18.5. The Morgan fingerprint density at radius 3 is 2.58 bits per heavy atom. The van der Waals surface area contributed by atoms with E-state index >= 15 is 0 Å². The molecule has 1 heterocycles. The smallest absolute Gasteiger partial charge is 0.337 e. The summed E-state index contributed by atoms with van der Waals surface area (Å²) in [6.45, 7) is -0.434. The van der Waals surface area contributed by atoms with Gasteiger partial charge in [-0.25, -0.2) is 0 Å². The van der Waals surface area contributed by atoms with Gasteiger partial charge in [0.15, 0.2) is 0 Å². The van der Waals surface area contributed by atoms with Gasteiger partial charge in [-0.3, -0.25) is 19.8 Å². The molecule has 0 radical (unpaired) electrons. The number of hydrogen-bond acceptors (Lipinski definition) is 4. The maximum Gasteiger partial charge on any atom is 0.401 e. The Kier molecular flexibility index (Phi) is 5.66. The van der Waals surface area contributed by atoms with Crippen molar-refractivity contribution in [1.29, 1.82) is 0 Å². The maximum absolute atomic E-state index is 12.5. The third-order valence-electron chi connectivity index (χ3n) is 3.67. The van der Waals surface area contributed by atoms with Crippen molar-refractivity contribution >= 4 is 23.2 Å². The van der Waals surface area contributed by atoms with Gasteiger partial charge in [0.1, 0.15) is 5.56 Å². The van der Waals surface area contributed by atoms with E-state index in [1.54, 1.807) is 0 Å². The van der Waals surface area contributed by atoms with Gasteiger partial charge < -0.3 is 4.90 Å². The molecule has 1 saturated heterocycles. The molecule has 1 amide bonds. The Hall–Kier alpha value is -1.87. The summed E-state index contributed by atoms with van der Waals surface area (Å²) >= 11 is 5.72. The Morgan fingerprint density at radius 2 is 1.96 bits per heavy atom. The minimum Gasteiger partial charge on any atom is -0.337 e. The Labute approximate surface area is 140 Å². The van der Waals surface area contributed by atoms with Crippen LogP contribution in [0.4, 0.5) is 18.9 Å². The van der Waals surface area contributed by atoms with Crippen LogP contribution in [0.15, 0.2) is 18.2 Å². The predicted molar refractivity (Wildman–Crippen MR) is 81.1 cm³/mol. The molecule has 0 aromatic heterocycles. The molecule has 6 nitrogen and oxygen atoms in total. The molecule has 1 fully saturated rings. The predicted octanol–water partition coefficient (Wildman–Crippen LogP) is 2.96. The summed E-state index contributed by atoms with van der Waals surface area (Å²) in [4.78, 5) is 25.5. The largest absolute Gasteiger partial charge is 0.401 e. The van der Waals surface area contributed by atoms with Crippen LogP contribution in [0.2, 0.25) is 5.02 Å².